The second-order valence-electron chi connectivity index (χ2n) is 4.97. The minimum Gasteiger partial charge on any atom is -0.354 e. The van der Waals surface area contributed by atoms with Gasteiger partial charge in [-0.2, -0.15) is 0 Å². The first kappa shape index (κ1) is 16.2. The van der Waals surface area contributed by atoms with Gasteiger partial charge in [0.25, 0.3) is 0 Å². The van der Waals surface area contributed by atoms with Gasteiger partial charge in [0.05, 0.1) is 0 Å². The normalized spacial score (nSPS) is 11.4. The van der Waals surface area contributed by atoms with E-state index in [1.54, 1.807) is 0 Å². The smallest absolute Gasteiger partial charge is 0.220 e. The quantitative estimate of drug-likeness (QED) is 0.809. The van der Waals surface area contributed by atoms with Gasteiger partial charge >= 0.3 is 0 Å². The van der Waals surface area contributed by atoms with Crippen LogP contribution in [0.3, 0.4) is 0 Å². The molecule has 0 saturated carbocycles. The minimum atomic E-state index is -0.271. The highest BCUT2D eigenvalue weighted by Crippen LogP contribution is 2.12. The topological polar surface area (TPSA) is 55.1 Å². The number of benzene rings is 1. The second-order valence-corrected chi connectivity index (χ2v) is 5.89. The molecule has 0 spiro atoms. The molecule has 0 heterocycles. The Hall–Kier alpha value is -0.870. The van der Waals surface area contributed by atoms with E-state index in [-0.39, 0.29) is 11.4 Å². The first-order chi connectivity index (χ1) is 8.99. The third kappa shape index (κ3) is 5.74. The summed E-state index contributed by atoms with van der Waals surface area (Å²) in [7, 11) is 0. The summed E-state index contributed by atoms with van der Waals surface area (Å²) in [5.74, 6) is 0.0691. The Bertz CT molecular complexity index is 399. The van der Waals surface area contributed by atoms with Crippen molar-refractivity contribution in [3.63, 3.8) is 0 Å². The summed E-state index contributed by atoms with van der Waals surface area (Å²) < 4.78 is 1.06. The van der Waals surface area contributed by atoms with Crippen molar-refractivity contribution in [2.45, 2.75) is 45.1 Å². The van der Waals surface area contributed by atoms with Crippen molar-refractivity contribution in [2.24, 2.45) is 5.73 Å². The summed E-state index contributed by atoms with van der Waals surface area (Å²) in [4.78, 5) is 11.8. The molecule has 106 valence electrons. The van der Waals surface area contributed by atoms with Crippen LogP contribution in [0.4, 0.5) is 0 Å². The van der Waals surface area contributed by atoms with E-state index in [0.29, 0.717) is 13.0 Å². The summed E-state index contributed by atoms with van der Waals surface area (Å²) in [6.45, 7) is 4.66. The largest absolute Gasteiger partial charge is 0.354 e. The summed E-state index contributed by atoms with van der Waals surface area (Å²) in [5.41, 5.74) is 7.05. The standard InChI is InChI=1S/C15H23BrN2O/c1-3-15(17,4-2)11-18-14(19)10-7-12-5-8-13(16)9-6-12/h5-6,8-9H,3-4,7,10-11,17H2,1-2H3,(H,18,19). The van der Waals surface area contributed by atoms with Crippen LogP contribution in [0.15, 0.2) is 28.7 Å². The molecule has 1 rings (SSSR count). The van der Waals surface area contributed by atoms with Crippen LogP contribution in [0.25, 0.3) is 0 Å². The van der Waals surface area contributed by atoms with E-state index < -0.39 is 0 Å². The molecule has 0 aromatic heterocycles. The summed E-state index contributed by atoms with van der Waals surface area (Å²) in [6, 6.07) is 8.05. The highest BCUT2D eigenvalue weighted by Gasteiger charge is 2.20. The number of carbonyl (C=O) groups excluding carboxylic acids is 1. The molecule has 3 N–H and O–H groups in total. The van der Waals surface area contributed by atoms with Gasteiger partial charge in [0.1, 0.15) is 0 Å². The maximum atomic E-state index is 11.8. The lowest BCUT2D eigenvalue weighted by Crippen LogP contribution is -2.49. The zero-order valence-corrected chi connectivity index (χ0v) is 13.3. The van der Waals surface area contributed by atoms with E-state index >= 15 is 0 Å². The van der Waals surface area contributed by atoms with Crippen LogP contribution in [0.5, 0.6) is 0 Å². The van der Waals surface area contributed by atoms with Crippen LogP contribution < -0.4 is 11.1 Å². The van der Waals surface area contributed by atoms with Gasteiger partial charge in [-0.25, -0.2) is 0 Å². The molecule has 4 heteroatoms. The first-order valence-electron chi connectivity index (χ1n) is 6.79. The number of halogens is 1. The van der Waals surface area contributed by atoms with Crippen molar-refractivity contribution in [3.05, 3.63) is 34.3 Å². The third-order valence-electron chi connectivity index (χ3n) is 3.60. The lowest BCUT2D eigenvalue weighted by molar-refractivity contribution is -0.121. The SMILES string of the molecule is CCC(N)(CC)CNC(=O)CCc1ccc(Br)cc1. The van der Waals surface area contributed by atoms with Gasteiger partial charge in [-0.15, -0.1) is 0 Å². The molecule has 1 amide bonds. The molecule has 0 saturated heterocycles. The summed E-state index contributed by atoms with van der Waals surface area (Å²) >= 11 is 3.39. The lowest BCUT2D eigenvalue weighted by Gasteiger charge is -2.26. The monoisotopic (exact) mass is 326 g/mol. The number of nitrogens with one attached hydrogen (secondary N) is 1. The molecule has 1 aromatic rings. The van der Waals surface area contributed by atoms with Crippen molar-refractivity contribution < 1.29 is 4.79 Å². The van der Waals surface area contributed by atoms with Gasteiger partial charge in [0.15, 0.2) is 0 Å². The number of aryl methyl sites for hydroxylation is 1. The molecule has 1 aromatic carbocycles. The zero-order chi connectivity index (χ0) is 14.3. The number of rotatable bonds is 7. The van der Waals surface area contributed by atoms with Crippen molar-refractivity contribution >= 4 is 21.8 Å². The Morgan fingerprint density at radius 3 is 2.37 bits per heavy atom. The molecule has 0 radical (unpaired) electrons. The van der Waals surface area contributed by atoms with E-state index in [1.165, 1.54) is 5.56 Å². The van der Waals surface area contributed by atoms with Crippen LogP contribution >= 0.6 is 15.9 Å². The fourth-order valence-corrected chi connectivity index (χ4v) is 2.04. The number of amides is 1. The molecular formula is C15H23BrN2O. The number of hydrogen-bond donors (Lipinski definition) is 2. The van der Waals surface area contributed by atoms with E-state index in [0.717, 1.165) is 23.7 Å². The Labute approximate surface area is 124 Å². The summed E-state index contributed by atoms with van der Waals surface area (Å²) in [5, 5.41) is 2.93. The molecule has 0 atom stereocenters. The minimum absolute atomic E-state index is 0.0691. The number of nitrogens with two attached hydrogens (primary N) is 1. The Kier molecular flexibility index (Phi) is 6.52. The molecule has 0 fully saturated rings. The first-order valence-corrected chi connectivity index (χ1v) is 7.58. The fourth-order valence-electron chi connectivity index (χ4n) is 1.77. The van der Waals surface area contributed by atoms with Gasteiger partial charge in [-0.1, -0.05) is 41.9 Å². The van der Waals surface area contributed by atoms with Gasteiger partial charge in [-0.3, -0.25) is 4.79 Å². The molecule has 19 heavy (non-hydrogen) atoms. The fraction of sp³-hybridized carbons (Fsp3) is 0.533. The average molecular weight is 327 g/mol. The molecule has 0 unspecified atom stereocenters. The van der Waals surface area contributed by atoms with Crippen LogP contribution in [0.2, 0.25) is 0 Å². The lowest BCUT2D eigenvalue weighted by atomic mass is 9.94. The van der Waals surface area contributed by atoms with Crippen LogP contribution in [-0.4, -0.2) is 18.0 Å². The zero-order valence-electron chi connectivity index (χ0n) is 11.7. The van der Waals surface area contributed by atoms with E-state index in [9.17, 15) is 4.79 Å². The summed E-state index contributed by atoms with van der Waals surface area (Å²) in [6.07, 6.45) is 3.01. The van der Waals surface area contributed by atoms with Crippen LogP contribution in [0.1, 0.15) is 38.7 Å². The van der Waals surface area contributed by atoms with E-state index in [1.807, 2.05) is 24.3 Å². The van der Waals surface area contributed by atoms with Crippen molar-refractivity contribution in [1.29, 1.82) is 0 Å². The van der Waals surface area contributed by atoms with Gasteiger partial charge in [0.2, 0.25) is 5.91 Å². The van der Waals surface area contributed by atoms with Crippen molar-refractivity contribution in [2.75, 3.05) is 6.54 Å². The van der Waals surface area contributed by atoms with Gasteiger partial charge in [-0.05, 0) is 37.0 Å². The molecule has 0 bridgehead atoms. The molecule has 0 aliphatic heterocycles. The highest BCUT2D eigenvalue weighted by atomic mass is 79.9. The van der Waals surface area contributed by atoms with Gasteiger partial charge in [0, 0.05) is 23.0 Å². The van der Waals surface area contributed by atoms with E-state index in [4.69, 9.17) is 5.73 Å². The molecule has 0 aliphatic rings. The molecule has 0 aliphatic carbocycles. The van der Waals surface area contributed by atoms with Crippen LogP contribution in [0, 0.1) is 0 Å². The Morgan fingerprint density at radius 2 is 1.84 bits per heavy atom. The van der Waals surface area contributed by atoms with E-state index in [2.05, 4.69) is 35.1 Å². The third-order valence-corrected chi connectivity index (χ3v) is 4.13. The maximum Gasteiger partial charge on any atom is 0.220 e. The second kappa shape index (κ2) is 7.65. The predicted octanol–water partition coefficient (Wildman–Crippen LogP) is 3.02. The van der Waals surface area contributed by atoms with Crippen LogP contribution in [-0.2, 0) is 11.2 Å². The molecular weight excluding hydrogens is 304 g/mol. The van der Waals surface area contributed by atoms with Crippen molar-refractivity contribution in [1.82, 2.24) is 5.32 Å². The predicted molar refractivity (Wildman–Crippen MR) is 83.0 cm³/mol. The average Bonchev–Trinajstić information content (AvgIpc) is 2.44. The van der Waals surface area contributed by atoms with Crippen molar-refractivity contribution in [3.8, 4) is 0 Å². The Balaban J connectivity index is 2.34. The number of hydrogen-bond acceptors (Lipinski definition) is 2. The number of carbonyl (C=O) groups is 1. The highest BCUT2D eigenvalue weighted by molar-refractivity contribution is 9.10. The maximum absolute atomic E-state index is 11.8. The van der Waals surface area contributed by atoms with Gasteiger partial charge < -0.3 is 11.1 Å². The molecule has 3 nitrogen and oxygen atoms in total. The Morgan fingerprint density at radius 1 is 1.26 bits per heavy atom.